The van der Waals surface area contributed by atoms with Gasteiger partial charge in [0.15, 0.2) is 6.61 Å². The van der Waals surface area contributed by atoms with Gasteiger partial charge >= 0.3 is 0 Å². The molecule has 1 heterocycles. The zero-order valence-corrected chi connectivity index (χ0v) is 14.8. The lowest BCUT2D eigenvalue weighted by Gasteiger charge is -2.29. The van der Waals surface area contributed by atoms with Crippen molar-refractivity contribution in [3.05, 3.63) is 54.0 Å². The zero-order chi connectivity index (χ0) is 18.4. The lowest BCUT2D eigenvalue weighted by atomic mass is 9.93. The number of carbonyl (C=O) groups excluding carboxylic acids is 1. The third-order valence-electron chi connectivity index (χ3n) is 4.39. The highest BCUT2D eigenvalue weighted by atomic mass is 19.1. The number of benzene rings is 1. The minimum Gasteiger partial charge on any atom is -0.484 e. The molecule has 0 aliphatic heterocycles. The first-order valence-electron chi connectivity index (χ1n) is 8.85. The van der Waals surface area contributed by atoms with E-state index >= 15 is 0 Å². The second kappa shape index (κ2) is 8.65. The zero-order valence-electron chi connectivity index (χ0n) is 14.8. The van der Waals surface area contributed by atoms with Gasteiger partial charge in [-0.25, -0.2) is 9.37 Å². The molecule has 3 rings (SSSR count). The van der Waals surface area contributed by atoms with E-state index in [2.05, 4.69) is 10.3 Å². The number of ether oxygens (including phenoxy) is 2. The number of hydrogen-bond acceptors (Lipinski definition) is 4. The summed E-state index contributed by atoms with van der Waals surface area (Å²) in [7, 11) is 0. The van der Waals surface area contributed by atoms with Crippen LogP contribution in [0.25, 0.3) is 0 Å². The number of aromatic nitrogens is 1. The van der Waals surface area contributed by atoms with Crippen LogP contribution in [0, 0.1) is 12.7 Å². The van der Waals surface area contributed by atoms with Crippen molar-refractivity contribution in [3.63, 3.8) is 0 Å². The lowest BCUT2D eigenvalue weighted by Crippen LogP contribution is -2.41. The van der Waals surface area contributed by atoms with E-state index in [1.165, 1.54) is 24.3 Å². The minimum atomic E-state index is -0.332. The van der Waals surface area contributed by atoms with Crippen molar-refractivity contribution < 1.29 is 18.7 Å². The highest BCUT2D eigenvalue weighted by molar-refractivity contribution is 5.77. The normalized spacial score (nSPS) is 19.6. The van der Waals surface area contributed by atoms with Crippen LogP contribution in [-0.4, -0.2) is 29.6 Å². The van der Waals surface area contributed by atoms with Crippen molar-refractivity contribution in [2.45, 2.75) is 44.8 Å². The number of nitrogens with one attached hydrogen (secondary N) is 1. The highest BCUT2D eigenvalue weighted by Gasteiger charge is 2.24. The number of rotatable bonds is 6. The van der Waals surface area contributed by atoms with Crippen molar-refractivity contribution in [2.24, 2.45) is 0 Å². The number of aryl methyl sites for hydroxylation is 1. The molecule has 0 spiro atoms. The van der Waals surface area contributed by atoms with Crippen LogP contribution in [0.2, 0.25) is 0 Å². The highest BCUT2D eigenvalue weighted by Crippen LogP contribution is 2.23. The number of nitrogens with zero attached hydrogens (tertiary/aromatic N) is 1. The Bertz CT molecular complexity index is 711. The summed E-state index contributed by atoms with van der Waals surface area (Å²) in [5.74, 6) is 0.626. The fourth-order valence-corrected chi connectivity index (χ4v) is 2.97. The maximum absolute atomic E-state index is 12.8. The summed E-state index contributed by atoms with van der Waals surface area (Å²) >= 11 is 0. The van der Waals surface area contributed by atoms with Gasteiger partial charge in [-0.3, -0.25) is 4.79 Å². The molecule has 5 nitrogen and oxygen atoms in total. The van der Waals surface area contributed by atoms with Gasteiger partial charge in [0.1, 0.15) is 17.7 Å². The standard InChI is InChI=1S/C20H23FN2O3/c1-14-2-11-20(22-12-14)26-18-9-5-16(6-10-18)23-19(24)13-25-17-7-3-15(21)4-8-17/h2-4,7-8,11-12,16,18H,5-6,9-10,13H2,1H3,(H,23,24). The molecule has 0 saturated heterocycles. The second-order valence-electron chi connectivity index (χ2n) is 6.58. The van der Waals surface area contributed by atoms with E-state index in [9.17, 15) is 9.18 Å². The number of halogens is 1. The predicted molar refractivity (Wildman–Crippen MR) is 95.7 cm³/mol. The van der Waals surface area contributed by atoms with E-state index in [1.54, 1.807) is 6.20 Å². The van der Waals surface area contributed by atoms with Crippen molar-refractivity contribution in [1.82, 2.24) is 10.3 Å². The van der Waals surface area contributed by atoms with Crippen LogP contribution in [-0.2, 0) is 4.79 Å². The second-order valence-corrected chi connectivity index (χ2v) is 6.58. The van der Waals surface area contributed by atoms with Crippen molar-refractivity contribution in [1.29, 1.82) is 0 Å². The molecule has 0 unspecified atom stereocenters. The molecule has 0 atom stereocenters. The van der Waals surface area contributed by atoms with Crippen LogP contribution in [0.4, 0.5) is 4.39 Å². The molecule has 26 heavy (non-hydrogen) atoms. The predicted octanol–water partition coefficient (Wildman–Crippen LogP) is 3.41. The summed E-state index contributed by atoms with van der Waals surface area (Å²) < 4.78 is 24.1. The number of pyridine rings is 1. The van der Waals surface area contributed by atoms with Crippen LogP contribution in [0.1, 0.15) is 31.2 Å². The monoisotopic (exact) mass is 358 g/mol. The number of carbonyl (C=O) groups is 1. The maximum atomic E-state index is 12.8. The average Bonchev–Trinajstić information content (AvgIpc) is 2.65. The summed E-state index contributed by atoms with van der Waals surface area (Å²) in [6.07, 6.45) is 5.40. The molecule has 2 aromatic rings. The van der Waals surface area contributed by atoms with Crippen LogP contribution < -0.4 is 14.8 Å². The summed E-state index contributed by atoms with van der Waals surface area (Å²) in [5.41, 5.74) is 1.10. The Hall–Kier alpha value is -2.63. The van der Waals surface area contributed by atoms with E-state index in [0.29, 0.717) is 11.6 Å². The molecule has 1 aliphatic rings. The first kappa shape index (κ1) is 18.2. The molecule has 1 aromatic carbocycles. The lowest BCUT2D eigenvalue weighted by molar-refractivity contribution is -0.124. The van der Waals surface area contributed by atoms with E-state index in [1.807, 2.05) is 19.1 Å². The van der Waals surface area contributed by atoms with Gasteiger partial charge in [0, 0.05) is 18.3 Å². The SMILES string of the molecule is Cc1ccc(OC2CCC(NC(=O)COc3ccc(F)cc3)CC2)nc1. The largest absolute Gasteiger partial charge is 0.484 e. The summed E-state index contributed by atoms with van der Waals surface area (Å²) in [6, 6.07) is 9.61. The van der Waals surface area contributed by atoms with Gasteiger partial charge in [-0.1, -0.05) is 6.07 Å². The molecule has 1 aromatic heterocycles. The Kier molecular flexibility index (Phi) is 6.04. The molecule has 0 bridgehead atoms. The van der Waals surface area contributed by atoms with Crippen molar-refractivity contribution >= 4 is 5.91 Å². The van der Waals surface area contributed by atoms with Crippen LogP contribution in [0.15, 0.2) is 42.6 Å². The quantitative estimate of drug-likeness (QED) is 0.860. The van der Waals surface area contributed by atoms with E-state index < -0.39 is 0 Å². The third kappa shape index (κ3) is 5.44. The van der Waals surface area contributed by atoms with Gasteiger partial charge in [0.2, 0.25) is 5.88 Å². The van der Waals surface area contributed by atoms with Crippen molar-refractivity contribution in [3.8, 4) is 11.6 Å². The molecule has 6 heteroatoms. The smallest absolute Gasteiger partial charge is 0.258 e. The van der Waals surface area contributed by atoms with Crippen molar-refractivity contribution in [2.75, 3.05) is 6.61 Å². The molecular weight excluding hydrogens is 335 g/mol. The van der Waals surface area contributed by atoms with Gasteiger partial charge in [-0.2, -0.15) is 0 Å². The summed E-state index contributed by atoms with van der Waals surface area (Å²) in [6.45, 7) is 1.92. The van der Waals surface area contributed by atoms with Gasteiger partial charge in [0.25, 0.3) is 5.91 Å². The Morgan fingerprint density at radius 3 is 2.54 bits per heavy atom. The van der Waals surface area contributed by atoms with Gasteiger partial charge in [-0.05, 0) is 62.4 Å². The number of amides is 1. The summed E-state index contributed by atoms with van der Waals surface area (Å²) in [4.78, 5) is 16.3. The van der Waals surface area contributed by atoms with Crippen LogP contribution in [0.5, 0.6) is 11.6 Å². The Labute approximate surface area is 152 Å². The number of hydrogen-bond donors (Lipinski definition) is 1. The molecule has 138 valence electrons. The van der Waals surface area contributed by atoms with E-state index in [0.717, 1.165) is 31.2 Å². The molecular formula is C20H23FN2O3. The van der Waals surface area contributed by atoms with Crippen LogP contribution in [0.3, 0.4) is 0 Å². The fraction of sp³-hybridized carbons (Fsp3) is 0.400. The maximum Gasteiger partial charge on any atom is 0.258 e. The Morgan fingerprint density at radius 2 is 1.88 bits per heavy atom. The molecule has 1 N–H and O–H groups in total. The minimum absolute atomic E-state index is 0.0741. The van der Waals surface area contributed by atoms with Gasteiger partial charge in [0.05, 0.1) is 0 Å². The van der Waals surface area contributed by atoms with Gasteiger partial charge in [-0.15, -0.1) is 0 Å². The van der Waals surface area contributed by atoms with E-state index in [4.69, 9.17) is 9.47 Å². The fourth-order valence-electron chi connectivity index (χ4n) is 2.97. The molecule has 0 radical (unpaired) electrons. The Balaban J connectivity index is 1.37. The summed E-state index contributed by atoms with van der Waals surface area (Å²) in [5, 5.41) is 2.98. The molecule has 1 saturated carbocycles. The third-order valence-corrected chi connectivity index (χ3v) is 4.39. The average molecular weight is 358 g/mol. The van der Waals surface area contributed by atoms with Crippen LogP contribution >= 0.6 is 0 Å². The first-order chi connectivity index (χ1) is 12.6. The molecule has 1 aliphatic carbocycles. The first-order valence-corrected chi connectivity index (χ1v) is 8.85. The topological polar surface area (TPSA) is 60.5 Å². The van der Waals surface area contributed by atoms with E-state index in [-0.39, 0.29) is 30.5 Å². The molecule has 1 amide bonds. The Morgan fingerprint density at radius 1 is 1.15 bits per heavy atom. The molecule has 1 fully saturated rings. The van der Waals surface area contributed by atoms with Gasteiger partial charge < -0.3 is 14.8 Å².